The summed E-state index contributed by atoms with van der Waals surface area (Å²) >= 11 is 7.30. The summed E-state index contributed by atoms with van der Waals surface area (Å²) in [6.45, 7) is 4.63. The Morgan fingerprint density at radius 1 is 1.20 bits per heavy atom. The molecular weight excluding hydrogens is 442 g/mol. The van der Waals surface area contributed by atoms with E-state index in [1.165, 1.54) is 33.3 Å². The molecule has 2 heterocycles. The minimum atomic E-state index is -3.67. The number of nitrogens with zero attached hydrogens (tertiary/aromatic N) is 2. The Morgan fingerprint density at radius 3 is 2.63 bits per heavy atom. The van der Waals surface area contributed by atoms with Crippen LogP contribution < -0.4 is 5.32 Å². The molecular formula is C21H22ClN3O3S2. The van der Waals surface area contributed by atoms with Gasteiger partial charge >= 0.3 is 0 Å². The number of benzene rings is 2. The molecule has 9 heteroatoms. The maximum Gasteiger partial charge on any atom is 0.243 e. The molecule has 0 aliphatic carbocycles. The second-order valence-corrected chi connectivity index (χ2v) is 11.0. The molecule has 158 valence electrons. The van der Waals surface area contributed by atoms with Crippen LogP contribution >= 0.6 is 22.9 Å². The van der Waals surface area contributed by atoms with E-state index in [0.29, 0.717) is 29.5 Å². The van der Waals surface area contributed by atoms with Crippen LogP contribution in [-0.4, -0.2) is 36.7 Å². The van der Waals surface area contributed by atoms with Gasteiger partial charge in [-0.2, -0.15) is 4.31 Å². The van der Waals surface area contributed by atoms with E-state index in [4.69, 9.17) is 11.6 Å². The first-order valence-corrected chi connectivity index (χ1v) is 12.3. The van der Waals surface area contributed by atoms with Crippen molar-refractivity contribution in [3.63, 3.8) is 0 Å². The number of aromatic nitrogens is 1. The second-order valence-electron chi connectivity index (χ2n) is 7.57. The number of halogens is 1. The average Bonchev–Trinajstić information content (AvgIpc) is 3.09. The van der Waals surface area contributed by atoms with Crippen molar-refractivity contribution in [3.05, 3.63) is 52.5 Å². The Labute approximate surface area is 184 Å². The molecule has 6 nitrogen and oxygen atoms in total. The highest BCUT2D eigenvalue weighted by Gasteiger charge is 2.33. The number of fused-ring (bicyclic) bond motifs is 1. The zero-order chi connectivity index (χ0) is 21.5. The molecule has 3 aromatic rings. The van der Waals surface area contributed by atoms with Gasteiger partial charge in [-0.05, 0) is 74.2 Å². The first-order valence-electron chi connectivity index (χ1n) is 9.68. The second kappa shape index (κ2) is 8.26. The van der Waals surface area contributed by atoms with Crippen LogP contribution in [0.2, 0.25) is 5.02 Å². The minimum absolute atomic E-state index is 0.153. The van der Waals surface area contributed by atoms with Crippen LogP contribution in [0.1, 0.15) is 24.0 Å². The predicted molar refractivity (Wildman–Crippen MR) is 121 cm³/mol. The van der Waals surface area contributed by atoms with E-state index < -0.39 is 15.9 Å². The van der Waals surface area contributed by atoms with Crippen molar-refractivity contribution in [1.29, 1.82) is 0 Å². The number of amides is 1. The molecule has 4 rings (SSSR count). The summed E-state index contributed by atoms with van der Waals surface area (Å²) in [4.78, 5) is 17.5. The molecule has 0 bridgehead atoms. The monoisotopic (exact) mass is 463 g/mol. The first-order chi connectivity index (χ1) is 14.2. The summed E-state index contributed by atoms with van der Waals surface area (Å²) in [5, 5.41) is 3.91. The topological polar surface area (TPSA) is 79.4 Å². The molecule has 1 aromatic heterocycles. The number of carbonyl (C=O) groups is 1. The van der Waals surface area contributed by atoms with Gasteiger partial charge in [0.15, 0.2) is 5.13 Å². The summed E-state index contributed by atoms with van der Waals surface area (Å²) in [5.74, 6) is -0.616. The van der Waals surface area contributed by atoms with Gasteiger partial charge in [-0.3, -0.25) is 4.79 Å². The highest BCUT2D eigenvalue weighted by molar-refractivity contribution is 7.89. The smallest absolute Gasteiger partial charge is 0.243 e. The van der Waals surface area contributed by atoms with Gasteiger partial charge in [0.1, 0.15) is 0 Å². The van der Waals surface area contributed by atoms with Crippen LogP contribution in [0.15, 0.2) is 41.3 Å². The molecule has 0 spiro atoms. The molecule has 1 unspecified atom stereocenters. The summed E-state index contributed by atoms with van der Waals surface area (Å²) in [6.07, 6.45) is 1.27. The lowest BCUT2D eigenvalue weighted by atomic mass is 9.99. The van der Waals surface area contributed by atoms with E-state index in [2.05, 4.69) is 16.4 Å². The number of thiazole rings is 1. The fourth-order valence-electron chi connectivity index (χ4n) is 3.57. The van der Waals surface area contributed by atoms with Gasteiger partial charge in [-0.1, -0.05) is 22.9 Å². The number of hydrogen-bond donors (Lipinski definition) is 1. The summed E-state index contributed by atoms with van der Waals surface area (Å²) < 4.78 is 28.3. The van der Waals surface area contributed by atoms with Crippen LogP contribution in [-0.2, 0) is 14.8 Å². The van der Waals surface area contributed by atoms with Gasteiger partial charge in [-0.25, -0.2) is 13.4 Å². The fraction of sp³-hybridized carbons (Fsp3) is 0.333. The largest absolute Gasteiger partial charge is 0.302 e. The minimum Gasteiger partial charge on any atom is -0.302 e. The van der Waals surface area contributed by atoms with Crippen molar-refractivity contribution < 1.29 is 13.2 Å². The maximum absolute atomic E-state index is 12.9. The fourth-order valence-corrected chi connectivity index (χ4v) is 6.17. The lowest BCUT2D eigenvalue weighted by Crippen LogP contribution is -2.43. The standard InChI is InChI=1S/C21H22ClN3O3S2/c1-13-10-18-19(11-14(13)2)29-21(23-18)24-20(26)15-4-3-9-25(12-15)30(27,28)17-7-5-16(22)6-8-17/h5-8,10-11,15H,3-4,9,12H2,1-2H3,(H,23,24,26). The first kappa shape index (κ1) is 21.2. The van der Waals surface area contributed by atoms with Crippen LogP contribution in [0.4, 0.5) is 5.13 Å². The van der Waals surface area contributed by atoms with Crippen LogP contribution in [0.25, 0.3) is 10.2 Å². The number of sulfonamides is 1. The lowest BCUT2D eigenvalue weighted by Gasteiger charge is -2.31. The number of hydrogen-bond acceptors (Lipinski definition) is 5. The highest BCUT2D eigenvalue weighted by Crippen LogP contribution is 2.30. The average molecular weight is 464 g/mol. The Balaban J connectivity index is 1.49. The van der Waals surface area contributed by atoms with Crippen molar-refractivity contribution in [2.45, 2.75) is 31.6 Å². The van der Waals surface area contributed by atoms with Gasteiger partial charge in [0.2, 0.25) is 15.9 Å². The predicted octanol–water partition coefficient (Wildman–Crippen LogP) is 4.61. The van der Waals surface area contributed by atoms with E-state index in [-0.39, 0.29) is 17.3 Å². The zero-order valence-corrected chi connectivity index (χ0v) is 19.1. The maximum atomic E-state index is 12.9. The number of nitrogens with one attached hydrogen (secondary N) is 1. The van der Waals surface area contributed by atoms with Gasteiger partial charge in [0, 0.05) is 18.1 Å². The van der Waals surface area contributed by atoms with Crippen LogP contribution in [0.5, 0.6) is 0 Å². The van der Waals surface area contributed by atoms with Crippen molar-refractivity contribution in [2.24, 2.45) is 5.92 Å². The van der Waals surface area contributed by atoms with E-state index >= 15 is 0 Å². The van der Waals surface area contributed by atoms with Gasteiger partial charge in [0.05, 0.1) is 21.0 Å². The Morgan fingerprint density at radius 2 is 1.90 bits per heavy atom. The summed E-state index contributed by atoms with van der Waals surface area (Å²) in [7, 11) is -3.67. The Kier molecular flexibility index (Phi) is 5.85. The molecule has 1 fully saturated rings. The molecule has 1 amide bonds. The highest BCUT2D eigenvalue weighted by atomic mass is 35.5. The molecule has 1 aliphatic heterocycles. The van der Waals surface area contributed by atoms with E-state index in [1.54, 1.807) is 12.1 Å². The molecule has 2 aromatic carbocycles. The number of carbonyl (C=O) groups excluding carboxylic acids is 1. The molecule has 1 aliphatic rings. The van der Waals surface area contributed by atoms with Gasteiger partial charge in [0.25, 0.3) is 0 Å². The number of rotatable bonds is 4. The van der Waals surface area contributed by atoms with E-state index in [9.17, 15) is 13.2 Å². The van der Waals surface area contributed by atoms with Crippen molar-refractivity contribution in [1.82, 2.24) is 9.29 Å². The Hall–Kier alpha value is -2.00. The lowest BCUT2D eigenvalue weighted by molar-refractivity contribution is -0.120. The summed E-state index contributed by atoms with van der Waals surface area (Å²) in [5.41, 5.74) is 3.19. The zero-order valence-electron chi connectivity index (χ0n) is 16.7. The van der Waals surface area contributed by atoms with Crippen LogP contribution in [0, 0.1) is 19.8 Å². The molecule has 1 atom stereocenters. The number of aryl methyl sites for hydroxylation is 2. The van der Waals surface area contributed by atoms with Crippen LogP contribution in [0.3, 0.4) is 0 Å². The van der Waals surface area contributed by atoms with Crippen molar-refractivity contribution in [2.75, 3.05) is 18.4 Å². The van der Waals surface area contributed by atoms with Gasteiger partial charge in [-0.15, -0.1) is 0 Å². The molecule has 0 saturated carbocycles. The third kappa shape index (κ3) is 4.23. The molecule has 0 radical (unpaired) electrons. The van der Waals surface area contributed by atoms with Gasteiger partial charge < -0.3 is 5.32 Å². The Bertz CT molecular complexity index is 1170. The number of piperidine rings is 1. The van der Waals surface area contributed by atoms with Crippen molar-refractivity contribution in [3.8, 4) is 0 Å². The third-order valence-corrected chi connectivity index (χ3v) is 8.51. The molecule has 30 heavy (non-hydrogen) atoms. The van der Waals surface area contributed by atoms with Crippen molar-refractivity contribution >= 4 is 54.2 Å². The normalized spacial score (nSPS) is 17.9. The SMILES string of the molecule is Cc1cc2nc(NC(=O)C3CCCN(S(=O)(=O)c4ccc(Cl)cc4)C3)sc2cc1C. The van der Waals surface area contributed by atoms with E-state index in [1.807, 2.05) is 19.9 Å². The quantitative estimate of drug-likeness (QED) is 0.612. The molecule has 1 N–H and O–H groups in total. The summed E-state index contributed by atoms with van der Waals surface area (Å²) in [6, 6.07) is 10.2. The third-order valence-electron chi connectivity index (χ3n) is 5.44. The number of anilines is 1. The molecule has 1 saturated heterocycles. The van der Waals surface area contributed by atoms with E-state index in [0.717, 1.165) is 15.8 Å².